The van der Waals surface area contributed by atoms with Gasteiger partial charge in [0.05, 0.1) is 13.2 Å². The molecule has 1 atom stereocenters. The number of rotatable bonds is 8. The SMILES string of the molecule is CCOC(=O)CCC(NC(=O)OCCl)C(=O)OCC. The third kappa shape index (κ3) is 8.25. The van der Waals surface area contributed by atoms with Gasteiger partial charge >= 0.3 is 18.0 Å². The lowest BCUT2D eigenvalue weighted by Crippen LogP contribution is -2.42. The second kappa shape index (κ2) is 10.4. The van der Waals surface area contributed by atoms with Crippen molar-refractivity contribution >= 4 is 29.6 Å². The number of ether oxygens (including phenoxy) is 3. The van der Waals surface area contributed by atoms with E-state index in [0.717, 1.165) is 0 Å². The predicted molar refractivity (Wildman–Crippen MR) is 66.6 cm³/mol. The molecule has 19 heavy (non-hydrogen) atoms. The number of hydrogen-bond acceptors (Lipinski definition) is 6. The van der Waals surface area contributed by atoms with E-state index in [1.165, 1.54) is 0 Å². The lowest BCUT2D eigenvalue weighted by molar-refractivity contribution is -0.147. The van der Waals surface area contributed by atoms with Gasteiger partial charge in [0.15, 0.2) is 6.07 Å². The molecule has 1 amide bonds. The van der Waals surface area contributed by atoms with Crippen LogP contribution in [0.25, 0.3) is 0 Å². The number of hydrogen-bond donors (Lipinski definition) is 1. The van der Waals surface area contributed by atoms with Crippen LogP contribution in [0.3, 0.4) is 0 Å². The van der Waals surface area contributed by atoms with Crippen molar-refractivity contribution in [2.75, 3.05) is 19.3 Å². The van der Waals surface area contributed by atoms with Crippen molar-refractivity contribution in [2.24, 2.45) is 0 Å². The summed E-state index contributed by atoms with van der Waals surface area (Å²) < 4.78 is 14.0. The molecule has 0 aromatic heterocycles. The zero-order valence-corrected chi connectivity index (χ0v) is 11.7. The maximum Gasteiger partial charge on any atom is 0.409 e. The van der Waals surface area contributed by atoms with Crippen LogP contribution in [0.5, 0.6) is 0 Å². The van der Waals surface area contributed by atoms with Crippen molar-refractivity contribution in [2.45, 2.75) is 32.7 Å². The summed E-state index contributed by atoms with van der Waals surface area (Å²) in [6, 6.07) is -1.31. The molecule has 0 aliphatic carbocycles. The number of carbonyl (C=O) groups excluding carboxylic acids is 3. The Morgan fingerprint density at radius 1 is 1.11 bits per heavy atom. The van der Waals surface area contributed by atoms with E-state index in [0.29, 0.717) is 0 Å². The van der Waals surface area contributed by atoms with Crippen LogP contribution in [-0.4, -0.2) is 43.4 Å². The summed E-state index contributed by atoms with van der Waals surface area (Å²) in [4.78, 5) is 34.0. The first-order valence-electron chi connectivity index (χ1n) is 5.86. The van der Waals surface area contributed by atoms with Crippen LogP contribution >= 0.6 is 11.6 Å². The molecular weight excluding hydrogens is 278 g/mol. The standard InChI is InChI=1S/C11H18ClNO6/c1-3-17-9(14)6-5-8(10(15)18-4-2)13-11(16)19-7-12/h8H,3-7H2,1-2H3,(H,13,16). The molecular formula is C11H18ClNO6. The minimum Gasteiger partial charge on any atom is -0.466 e. The predicted octanol–water partition coefficient (Wildman–Crippen LogP) is 1.18. The van der Waals surface area contributed by atoms with Crippen molar-refractivity contribution in [3.63, 3.8) is 0 Å². The van der Waals surface area contributed by atoms with Crippen molar-refractivity contribution in [3.05, 3.63) is 0 Å². The molecule has 1 unspecified atom stereocenters. The minimum atomic E-state index is -0.972. The van der Waals surface area contributed by atoms with Crippen LogP contribution in [0.15, 0.2) is 0 Å². The highest BCUT2D eigenvalue weighted by atomic mass is 35.5. The topological polar surface area (TPSA) is 90.9 Å². The Bertz CT molecular complexity index is 310. The smallest absolute Gasteiger partial charge is 0.409 e. The van der Waals surface area contributed by atoms with E-state index in [4.69, 9.17) is 21.1 Å². The van der Waals surface area contributed by atoms with Gasteiger partial charge in [-0.1, -0.05) is 11.6 Å². The number of esters is 2. The van der Waals surface area contributed by atoms with Crippen molar-refractivity contribution in [1.82, 2.24) is 5.32 Å². The third-order valence-electron chi connectivity index (χ3n) is 1.99. The monoisotopic (exact) mass is 295 g/mol. The fraction of sp³-hybridized carbons (Fsp3) is 0.727. The summed E-state index contributed by atoms with van der Waals surface area (Å²) in [5, 5.41) is 2.27. The van der Waals surface area contributed by atoms with Crippen LogP contribution in [0.2, 0.25) is 0 Å². The summed E-state index contributed by atoms with van der Waals surface area (Å²) in [6.07, 6.45) is -0.801. The molecule has 110 valence electrons. The lowest BCUT2D eigenvalue weighted by atomic mass is 10.1. The maximum absolute atomic E-state index is 11.6. The summed E-state index contributed by atoms with van der Waals surface area (Å²) in [6.45, 7) is 3.74. The maximum atomic E-state index is 11.6. The van der Waals surface area contributed by atoms with E-state index in [1.807, 2.05) is 0 Å². The molecule has 0 aromatic carbocycles. The summed E-state index contributed by atoms with van der Waals surface area (Å²) in [7, 11) is 0. The molecule has 0 bridgehead atoms. The fourth-order valence-corrected chi connectivity index (χ4v) is 1.32. The number of alkyl halides is 1. The Labute approximate surface area is 116 Å². The van der Waals surface area contributed by atoms with Crippen LogP contribution in [0.1, 0.15) is 26.7 Å². The van der Waals surface area contributed by atoms with Crippen LogP contribution in [0.4, 0.5) is 4.79 Å². The van der Waals surface area contributed by atoms with Crippen molar-refractivity contribution < 1.29 is 28.6 Å². The zero-order chi connectivity index (χ0) is 14.7. The molecule has 0 spiro atoms. The molecule has 0 saturated heterocycles. The molecule has 0 aliphatic rings. The molecule has 7 nitrogen and oxygen atoms in total. The molecule has 0 radical (unpaired) electrons. The number of carbonyl (C=O) groups is 3. The highest BCUT2D eigenvalue weighted by Gasteiger charge is 2.23. The Kier molecular flexibility index (Phi) is 9.60. The highest BCUT2D eigenvalue weighted by molar-refractivity contribution is 6.17. The lowest BCUT2D eigenvalue weighted by Gasteiger charge is -2.16. The Hall–Kier alpha value is -1.50. The number of amides is 1. The van der Waals surface area contributed by atoms with Gasteiger partial charge in [-0.05, 0) is 20.3 Å². The zero-order valence-electron chi connectivity index (χ0n) is 10.9. The Morgan fingerprint density at radius 2 is 1.74 bits per heavy atom. The molecule has 8 heteroatoms. The van der Waals surface area contributed by atoms with Gasteiger partial charge < -0.3 is 19.5 Å². The molecule has 0 rings (SSSR count). The van der Waals surface area contributed by atoms with Crippen molar-refractivity contribution in [3.8, 4) is 0 Å². The molecule has 0 aliphatic heterocycles. The fourth-order valence-electron chi connectivity index (χ4n) is 1.22. The first-order chi connectivity index (χ1) is 9.04. The van der Waals surface area contributed by atoms with Gasteiger partial charge in [0, 0.05) is 6.42 Å². The number of alkyl carbamates (subject to hydrolysis) is 1. The Morgan fingerprint density at radius 3 is 2.26 bits per heavy atom. The Balaban J connectivity index is 4.37. The van der Waals surface area contributed by atoms with Gasteiger partial charge in [-0.15, -0.1) is 0 Å². The van der Waals surface area contributed by atoms with E-state index in [9.17, 15) is 14.4 Å². The second-order valence-electron chi connectivity index (χ2n) is 3.33. The minimum absolute atomic E-state index is 0.0154. The average molecular weight is 296 g/mol. The average Bonchev–Trinajstić information content (AvgIpc) is 2.35. The molecule has 0 aromatic rings. The van der Waals surface area contributed by atoms with Crippen LogP contribution in [-0.2, 0) is 23.8 Å². The largest absolute Gasteiger partial charge is 0.466 e. The normalized spacial score (nSPS) is 11.3. The third-order valence-corrected chi connectivity index (χ3v) is 2.10. The summed E-state index contributed by atoms with van der Waals surface area (Å²) in [5.41, 5.74) is 0. The van der Waals surface area contributed by atoms with Gasteiger partial charge in [0.25, 0.3) is 0 Å². The first-order valence-corrected chi connectivity index (χ1v) is 6.40. The second-order valence-corrected chi connectivity index (χ2v) is 3.55. The van der Waals surface area contributed by atoms with Gasteiger partial charge in [-0.3, -0.25) is 4.79 Å². The van der Waals surface area contributed by atoms with Gasteiger partial charge in [0.2, 0.25) is 0 Å². The molecule has 0 fully saturated rings. The summed E-state index contributed by atoms with van der Waals surface area (Å²) in [5.74, 6) is -1.09. The van der Waals surface area contributed by atoms with E-state index in [1.54, 1.807) is 13.8 Å². The van der Waals surface area contributed by atoms with Crippen molar-refractivity contribution in [1.29, 1.82) is 0 Å². The highest BCUT2D eigenvalue weighted by Crippen LogP contribution is 2.03. The van der Waals surface area contributed by atoms with Crippen LogP contribution in [0, 0.1) is 0 Å². The molecule has 0 saturated carbocycles. The van der Waals surface area contributed by atoms with E-state index < -0.39 is 24.1 Å². The van der Waals surface area contributed by atoms with Gasteiger partial charge in [-0.2, -0.15) is 0 Å². The molecule has 0 heterocycles. The number of nitrogens with one attached hydrogen (secondary N) is 1. The van der Waals surface area contributed by atoms with E-state index in [2.05, 4.69) is 10.1 Å². The number of halogens is 1. The molecule has 1 N–H and O–H groups in total. The van der Waals surface area contributed by atoms with E-state index in [-0.39, 0.29) is 32.1 Å². The van der Waals surface area contributed by atoms with Gasteiger partial charge in [-0.25, -0.2) is 9.59 Å². The first kappa shape index (κ1) is 17.5. The summed E-state index contributed by atoms with van der Waals surface area (Å²) >= 11 is 5.22. The van der Waals surface area contributed by atoms with Gasteiger partial charge in [0.1, 0.15) is 6.04 Å². The quantitative estimate of drug-likeness (QED) is 0.411. The van der Waals surface area contributed by atoms with E-state index >= 15 is 0 Å². The van der Waals surface area contributed by atoms with Crippen LogP contribution < -0.4 is 5.32 Å².